The normalized spacial score (nSPS) is 30.7. The van der Waals surface area contributed by atoms with Gasteiger partial charge < -0.3 is 10.6 Å². The van der Waals surface area contributed by atoms with Crippen LogP contribution in [0, 0.1) is 5.92 Å². The summed E-state index contributed by atoms with van der Waals surface area (Å²) in [5.41, 5.74) is 8.02. The second-order valence-electron chi connectivity index (χ2n) is 5.83. The van der Waals surface area contributed by atoms with Crippen molar-refractivity contribution >= 4 is 27.3 Å². The van der Waals surface area contributed by atoms with E-state index in [0.29, 0.717) is 0 Å². The van der Waals surface area contributed by atoms with Gasteiger partial charge in [-0.15, -0.1) is 0 Å². The fourth-order valence-corrected chi connectivity index (χ4v) is 4.68. The Kier molecular flexibility index (Phi) is 4.52. The van der Waals surface area contributed by atoms with Crippen LogP contribution in [0.1, 0.15) is 44.2 Å². The summed E-state index contributed by atoms with van der Waals surface area (Å²) in [6.07, 6.45) is 4.97. The summed E-state index contributed by atoms with van der Waals surface area (Å²) < 4.78 is 1.17. The maximum absolute atomic E-state index is 6.63. The molecule has 1 aromatic heterocycles. The molecule has 2 rings (SSSR count). The van der Waals surface area contributed by atoms with Crippen molar-refractivity contribution in [2.75, 3.05) is 14.1 Å². The largest absolute Gasteiger partial charge is 0.322 e. The standard InChI is InChI=1S/C14H23BrN2S/c1-10-4-6-14(7-5-10,17(2)3)13(16)11-8-18-9-12(11)15/h8-10,13H,4-7,16H2,1-3H3. The van der Waals surface area contributed by atoms with Crippen molar-refractivity contribution in [3.8, 4) is 0 Å². The number of rotatable bonds is 3. The number of nitrogens with zero attached hydrogens (tertiary/aromatic N) is 1. The van der Waals surface area contributed by atoms with Crippen LogP contribution < -0.4 is 5.73 Å². The van der Waals surface area contributed by atoms with Crippen LogP contribution in [-0.2, 0) is 0 Å². The Morgan fingerprint density at radius 2 is 2.00 bits per heavy atom. The van der Waals surface area contributed by atoms with Crippen molar-refractivity contribution in [3.63, 3.8) is 0 Å². The van der Waals surface area contributed by atoms with E-state index in [-0.39, 0.29) is 11.6 Å². The monoisotopic (exact) mass is 330 g/mol. The van der Waals surface area contributed by atoms with Crippen molar-refractivity contribution in [2.45, 2.75) is 44.2 Å². The molecule has 102 valence electrons. The Morgan fingerprint density at radius 1 is 1.39 bits per heavy atom. The minimum atomic E-state index is 0.0978. The third-order valence-corrected chi connectivity index (χ3v) is 6.34. The zero-order valence-electron chi connectivity index (χ0n) is 11.4. The molecule has 2 N–H and O–H groups in total. The summed E-state index contributed by atoms with van der Waals surface area (Å²) in [6, 6.07) is 0.0978. The zero-order valence-corrected chi connectivity index (χ0v) is 13.9. The first-order valence-corrected chi connectivity index (χ1v) is 8.35. The molecule has 0 aliphatic heterocycles. The van der Waals surface area contributed by atoms with Crippen molar-refractivity contribution in [1.82, 2.24) is 4.90 Å². The van der Waals surface area contributed by atoms with Gasteiger partial charge in [-0.1, -0.05) is 6.92 Å². The van der Waals surface area contributed by atoms with Crippen LogP contribution in [0.15, 0.2) is 15.2 Å². The van der Waals surface area contributed by atoms with Crippen LogP contribution in [0.3, 0.4) is 0 Å². The Hall–Kier alpha value is 0.1000. The van der Waals surface area contributed by atoms with Gasteiger partial charge in [0.2, 0.25) is 0 Å². The van der Waals surface area contributed by atoms with Crippen LogP contribution in [0.25, 0.3) is 0 Å². The molecule has 1 atom stereocenters. The van der Waals surface area contributed by atoms with Crippen LogP contribution in [0.5, 0.6) is 0 Å². The molecule has 1 fully saturated rings. The quantitative estimate of drug-likeness (QED) is 0.906. The first kappa shape index (κ1) is 14.5. The van der Waals surface area contributed by atoms with Crippen LogP contribution in [0.2, 0.25) is 0 Å². The highest BCUT2D eigenvalue weighted by Gasteiger charge is 2.42. The van der Waals surface area contributed by atoms with Gasteiger partial charge in [0.15, 0.2) is 0 Å². The Bertz CT molecular complexity index is 394. The Labute approximate surface area is 123 Å². The molecular weight excluding hydrogens is 308 g/mol. The number of nitrogens with two attached hydrogens (primary N) is 1. The minimum Gasteiger partial charge on any atom is -0.322 e. The van der Waals surface area contributed by atoms with Gasteiger partial charge in [0.05, 0.1) is 6.04 Å². The topological polar surface area (TPSA) is 29.3 Å². The summed E-state index contributed by atoms with van der Waals surface area (Å²) in [4.78, 5) is 2.35. The maximum atomic E-state index is 6.63. The fraction of sp³-hybridized carbons (Fsp3) is 0.714. The number of halogens is 1. The van der Waals surface area contributed by atoms with Gasteiger partial charge in [0.1, 0.15) is 0 Å². The lowest BCUT2D eigenvalue weighted by Crippen LogP contribution is -2.54. The van der Waals surface area contributed by atoms with Gasteiger partial charge in [-0.05, 0) is 72.6 Å². The highest BCUT2D eigenvalue weighted by Crippen LogP contribution is 2.44. The summed E-state index contributed by atoms with van der Waals surface area (Å²) in [7, 11) is 4.35. The summed E-state index contributed by atoms with van der Waals surface area (Å²) in [5, 5.41) is 4.32. The molecule has 0 saturated heterocycles. The van der Waals surface area contributed by atoms with E-state index in [1.54, 1.807) is 11.3 Å². The number of hydrogen-bond donors (Lipinski definition) is 1. The number of thiophene rings is 1. The summed E-state index contributed by atoms with van der Waals surface area (Å²) in [6.45, 7) is 2.35. The molecule has 1 saturated carbocycles. The van der Waals surface area contributed by atoms with E-state index < -0.39 is 0 Å². The first-order chi connectivity index (χ1) is 8.47. The number of hydrogen-bond acceptors (Lipinski definition) is 3. The molecule has 1 heterocycles. The number of likely N-dealkylation sites (N-methyl/N-ethyl adjacent to an activating group) is 1. The van der Waals surface area contributed by atoms with Crippen molar-refractivity contribution in [1.29, 1.82) is 0 Å². The maximum Gasteiger partial charge on any atom is 0.0501 e. The second kappa shape index (κ2) is 5.61. The molecule has 0 radical (unpaired) electrons. The van der Waals surface area contributed by atoms with E-state index in [2.05, 4.69) is 52.6 Å². The molecular formula is C14H23BrN2S. The van der Waals surface area contributed by atoms with Crippen LogP contribution >= 0.6 is 27.3 Å². The molecule has 18 heavy (non-hydrogen) atoms. The zero-order chi connectivity index (χ0) is 13.3. The third-order valence-electron chi connectivity index (χ3n) is 4.59. The fourth-order valence-electron chi connectivity index (χ4n) is 3.10. The van der Waals surface area contributed by atoms with Gasteiger partial charge in [-0.25, -0.2) is 0 Å². The van der Waals surface area contributed by atoms with E-state index in [1.165, 1.54) is 35.7 Å². The highest BCUT2D eigenvalue weighted by atomic mass is 79.9. The molecule has 1 unspecified atom stereocenters. The van der Waals surface area contributed by atoms with E-state index in [4.69, 9.17) is 5.73 Å². The molecule has 0 amide bonds. The van der Waals surface area contributed by atoms with Crippen molar-refractivity contribution in [2.24, 2.45) is 11.7 Å². The van der Waals surface area contributed by atoms with E-state index in [0.717, 1.165) is 5.92 Å². The molecule has 4 heteroatoms. The molecule has 1 aliphatic carbocycles. The Balaban J connectivity index is 2.28. The molecule has 0 spiro atoms. The highest BCUT2D eigenvalue weighted by molar-refractivity contribution is 9.10. The summed E-state index contributed by atoms with van der Waals surface area (Å²) in [5.74, 6) is 0.844. The third kappa shape index (κ3) is 2.53. The van der Waals surface area contributed by atoms with Crippen molar-refractivity contribution < 1.29 is 0 Å². The van der Waals surface area contributed by atoms with Gasteiger partial charge in [0, 0.05) is 15.4 Å². The van der Waals surface area contributed by atoms with E-state index >= 15 is 0 Å². The summed E-state index contributed by atoms with van der Waals surface area (Å²) >= 11 is 5.35. The lowest BCUT2D eigenvalue weighted by Gasteiger charge is -2.48. The lowest BCUT2D eigenvalue weighted by molar-refractivity contribution is 0.0564. The molecule has 0 bridgehead atoms. The van der Waals surface area contributed by atoms with E-state index in [9.17, 15) is 0 Å². The minimum absolute atomic E-state index is 0.0978. The van der Waals surface area contributed by atoms with Crippen LogP contribution in [-0.4, -0.2) is 24.5 Å². The smallest absolute Gasteiger partial charge is 0.0501 e. The molecule has 2 nitrogen and oxygen atoms in total. The van der Waals surface area contributed by atoms with Crippen LogP contribution in [0.4, 0.5) is 0 Å². The van der Waals surface area contributed by atoms with Gasteiger partial charge in [0.25, 0.3) is 0 Å². The van der Waals surface area contributed by atoms with Gasteiger partial charge in [-0.2, -0.15) is 11.3 Å². The SMILES string of the molecule is CC1CCC(C(N)c2cscc2Br)(N(C)C)CC1. The molecule has 1 aromatic rings. The molecule has 1 aliphatic rings. The van der Waals surface area contributed by atoms with E-state index in [1.807, 2.05) is 0 Å². The predicted molar refractivity (Wildman–Crippen MR) is 83.0 cm³/mol. The van der Waals surface area contributed by atoms with Gasteiger partial charge >= 0.3 is 0 Å². The average molecular weight is 331 g/mol. The molecule has 0 aromatic carbocycles. The van der Waals surface area contributed by atoms with Gasteiger partial charge in [-0.3, -0.25) is 0 Å². The predicted octanol–water partition coefficient (Wildman–Crippen LogP) is 4.02. The lowest BCUT2D eigenvalue weighted by atomic mass is 9.71. The first-order valence-electron chi connectivity index (χ1n) is 6.62. The second-order valence-corrected chi connectivity index (χ2v) is 7.43. The van der Waals surface area contributed by atoms with Crippen molar-refractivity contribution in [3.05, 3.63) is 20.8 Å². The average Bonchev–Trinajstić information content (AvgIpc) is 2.75. The Morgan fingerprint density at radius 3 is 2.44 bits per heavy atom.